The highest BCUT2D eigenvalue weighted by atomic mass is 79.9. The Balaban J connectivity index is 0.00000161. The molecule has 0 N–H and O–H groups in total. The summed E-state index contributed by atoms with van der Waals surface area (Å²) in [5, 5.41) is 0.732. The Labute approximate surface area is 152 Å². The van der Waals surface area contributed by atoms with E-state index in [1.165, 1.54) is 5.57 Å². The summed E-state index contributed by atoms with van der Waals surface area (Å²) in [6.07, 6.45) is 8.77. The second-order valence-corrected chi connectivity index (χ2v) is 6.90. The number of benzene rings is 1. The average molecular weight is 450 g/mol. The van der Waals surface area contributed by atoms with Crippen LogP contribution in [0.2, 0.25) is 5.02 Å². The van der Waals surface area contributed by atoms with Gasteiger partial charge in [-0.3, -0.25) is 4.99 Å². The normalized spacial score (nSPS) is 17.5. The van der Waals surface area contributed by atoms with Crippen molar-refractivity contribution in [2.45, 2.75) is 12.8 Å². The van der Waals surface area contributed by atoms with Crippen molar-refractivity contribution in [2.24, 2.45) is 4.99 Å². The summed E-state index contributed by atoms with van der Waals surface area (Å²) in [5.41, 5.74) is 4.40. The van der Waals surface area contributed by atoms with Crippen LogP contribution in [0.25, 0.3) is 4.48 Å². The molecule has 0 amide bonds. The second kappa shape index (κ2) is 7.28. The van der Waals surface area contributed by atoms with Crippen LogP contribution in [0.5, 0.6) is 0 Å². The molecule has 0 atom stereocenters. The van der Waals surface area contributed by atoms with E-state index in [0.717, 1.165) is 43.7 Å². The maximum Gasteiger partial charge on any atom is 0.0726 e. The summed E-state index contributed by atoms with van der Waals surface area (Å²) in [7, 11) is 0. The van der Waals surface area contributed by atoms with E-state index < -0.39 is 0 Å². The highest BCUT2D eigenvalue weighted by Crippen LogP contribution is 2.36. The quantitative estimate of drug-likeness (QED) is 0.477. The Morgan fingerprint density at radius 3 is 2.62 bits per heavy atom. The molecule has 2 aliphatic rings. The standard InChI is InChI=1S/C16H12Br2ClN.ClH/c17-14-9-20-16(10-4-2-1-3-5-10)13-8-11(19)6-7-12(13)15(14)18;/h2,4-8H,1,3,9H2;1H. The third-order valence-electron chi connectivity index (χ3n) is 3.36. The molecule has 0 saturated carbocycles. The molecule has 1 aliphatic heterocycles. The molecule has 1 aliphatic carbocycles. The molecular formula is C16H13Br2Cl2N. The van der Waals surface area contributed by atoms with Gasteiger partial charge in [-0.05, 0) is 52.0 Å². The molecular weight excluding hydrogens is 437 g/mol. The molecule has 0 radical (unpaired) electrons. The number of nitrogens with zero attached hydrogens (tertiary/aromatic N) is 1. The van der Waals surface area contributed by atoms with Crippen molar-refractivity contribution >= 4 is 66.1 Å². The molecule has 5 heteroatoms. The van der Waals surface area contributed by atoms with E-state index in [9.17, 15) is 0 Å². The van der Waals surface area contributed by atoms with Gasteiger partial charge in [0.15, 0.2) is 0 Å². The van der Waals surface area contributed by atoms with Crippen molar-refractivity contribution in [3.63, 3.8) is 0 Å². The Bertz CT molecular complexity index is 688. The summed E-state index contributed by atoms with van der Waals surface area (Å²) in [5.74, 6) is 0. The largest absolute Gasteiger partial charge is 0.279 e. The third kappa shape index (κ3) is 3.53. The number of aliphatic imine (C=N–C) groups is 1. The van der Waals surface area contributed by atoms with E-state index in [-0.39, 0.29) is 12.4 Å². The number of allylic oxidation sites excluding steroid dienone is 4. The monoisotopic (exact) mass is 447 g/mol. The van der Waals surface area contributed by atoms with Gasteiger partial charge in [-0.1, -0.05) is 51.8 Å². The molecule has 0 fully saturated rings. The maximum absolute atomic E-state index is 6.18. The predicted molar refractivity (Wildman–Crippen MR) is 101 cm³/mol. The molecule has 1 aromatic carbocycles. The van der Waals surface area contributed by atoms with Gasteiger partial charge in [0.2, 0.25) is 0 Å². The summed E-state index contributed by atoms with van der Waals surface area (Å²) >= 11 is 13.4. The smallest absolute Gasteiger partial charge is 0.0726 e. The van der Waals surface area contributed by atoms with Crippen LogP contribution in [0, 0.1) is 0 Å². The first-order valence-electron chi connectivity index (χ1n) is 6.43. The van der Waals surface area contributed by atoms with Crippen LogP contribution in [0.15, 0.2) is 51.5 Å². The fourth-order valence-corrected chi connectivity index (χ4v) is 3.37. The molecule has 0 aromatic heterocycles. The minimum atomic E-state index is 0. The van der Waals surface area contributed by atoms with Gasteiger partial charge in [-0.25, -0.2) is 0 Å². The van der Waals surface area contributed by atoms with E-state index in [4.69, 9.17) is 16.6 Å². The lowest BCUT2D eigenvalue weighted by Gasteiger charge is -2.13. The Hall–Kier alpha value is -0.350. The van der Waals surface area contributed by atoms with Crippen LogP contribution >= 0.6 is 55.9 Å². The van der Waals surface area contributed by atoms with Gasteiger partial charge in [0.05, 0.1) is 12.3 Å². The van der Waals surface area contributed by atoms with Crippen LogP contribution in [0.1, 0.15) is 24.0 Å². The summed E-state index contributed by atoms with van der Waals surface area (Å²) in [6, 6.07) is 5.94. The molecule has 0 spiro atoms. The molecule has 110 valence electrons. The molecule has 1 nitrogen and oxygen atoms in total. The molecule has 0 bridgehead atoms. The highest BCUT2D eigenvalue weighted by Gasteiger charge is 2.20. The van der Waals surface area contributed by atoms with Crippen molar-refractivity contribution in [3.05, 3.63) is 62.6 Å². The van der Waals surface area contributed by atoms with Gasteiger partial charge in [-0.15, -0.1) is 12.4 Å². The fraction of sp³-hybridized carbons (Fsp3) is 0.188. The number of halogens is 4. The predicted octanol–water partition coefficient (Wildman–Crippen LogP) is 6.30. The SMILES string of the molecule is Cl.Clc1ccc2c(c1)C(C1=CCCC=C1)=NCC(Br)=C2Br. The highest BCUT2D eigenvalue weighted by molar-refractivity contribution is 9.16. The number of fused-ring (bicyclic) bond motifs is 1. The van der Waals surface area contributed by atoms with Crippen LogP contribution in [-0.2, 0) is 0 Å². The lowest BCUT2D eigenvalue weighted by Crippen LogP contribution is -2.07. The minimum absolute atomic E-state index is 0. The molecule has 1 heterocycles. The van der Waals surface area contributed by atoms with Crippen LogP contribution in [0.3, 0.4) is 0 Å². The Morgan fingerprint density at radius 1 is 1.10 bits per heavy atom. The number of hydrogen-bond acceptors (Lipinski definition) is 1. The maximum atomic E-state index is 6.18. The molecule has 0 saturated heterocycles. The van der Waals surface area contributed by atoms with Crippen molar-refractivity contribution in [1.82, 2.24) is 0 Å². The summed E-state index contributed by atoms with van der Waals surface area (Å²) in [6.45, 7) is 0.632. The molecule has 1 aromatic rings. The van der Waals surface area contributed by atoms with Crippen LogP contribution < -0.4 is 0 Å². The number of hydrogen-bond donors (Lipinski definition) is 0. The van der Waals surface area contributed by atoms with Gasteiger partial charge >= 0.3 is 0 Å². The van der Waals surface area contributed by atoms with Crippen molar-refractivity contribution < 1.29 is 0 Å². The lowest BCUT2D eigenvalue weighted by atomic mass is 9.94. The zero-order chi connectivity index (χ0) is 14.1. The van der Waals surface area contributed by atoms with E-state index >= 15 is 0 Å². The number of rotatable bonds is 1. The van der Waals surface area contributed by atoms with Crippen LogP contribution in [0.4, 0.5) is 0 Å². The summed E-state index contributed by atoms with van der Waals surface area (Å²) < 4.78 is 2.10. The topological polar surface area (TPSA) is 12.4 Å². The van der Waals surface area contributed by atoms with E-state index in [0.29, 0.717) is 6.54 Å². The van der Waals surface area contributed by atoms with Gasteiger partial charge in [0.1, 0.15) is 0 Å². The van der Waals surface area contributed by atoms with Gasteiger partial charge in [-0.2, -0.15) is 0 Å². The first kappa shape index (κ1) is 17.0. The van der Waals surface area contributed by atoms with Crippen LogP contribution in [-0.4, -0.2) is 12.3 Å². The average Bonchev–Trinajstić information content (AvgIpc) is 2.58. The van der Waals surface area contributed by atoms with Gasteiger partial charge in [0, 0.05) is 19.6 Å². The second-order valence-electron chi connectivity index (χ2n) is 4.71. The van der Waals surface area contributed by atoms with Crippen molar-refractivity contribution in [1.29, 1.82) is 0 Å². The first-order chi connectivity index (χ1) is 9.66. The molecule has 21 heavy (non-hydrogen) atoms. The first-order valence-corrected chi connectivity index (χ1v) is 8.39. The van der Waals surface area contributed by atoms with Crippen molar-refractivity contribution in [3.8, 4) is 0 Å². The lowest BCUT2D eigenvalue weighted by molar-refractivity contribution is 1.03. The molecule has 0 unspecified atom stereocenters. The van der Waals surface area contributed by atoms with E-state index in [1.54, 1.807) is 0 Å². The van der Waals surface area contributed by atoms with Gasteiger partial charge in [0.25, 0.3) is 0 Å². The Morgan fingerprint density at radius 2 is 1.90 bits per heavy atom. The zero-order valence-electron chi connectivity index (χ0n) is 11.1. The third-order valence-corrected chi connectivity index (χ3v) is 5.68. The van der Waals surface area contributed by atoms with E-state index in [1.807, 2.05) is 18.2 Å². The fourth-order valence-electron chi connectivity index (χ4n) is 2.39. The van der Waals surface area contributed by atoms with Gasteiger partial charge < -0.3 is 0 Å². The minimum Gasteiger partial charge on any atom is -0.279 e. The van der Waals surface area contributed by atoms with Crippen molar-refractivity contribution in [2.75, 3.05) is 6.54 Å². The zero-order valence-corrected chi connectivity index (χ0v) is 15.8. The summed E-state index contributed by atoms with van der Waals surface area (Å²) in [4.78, 5) is 4.76. The van der Waals surface area contributed by atoms with E-state index in [2.05, 4.69) is 50.1 Å². The Kier molecular flexibility index (Phi) is 5.89. The molecule has 3 rings (SSSR count).